The summed E-state index contributed by atoms with van der Waals surface area (Å²) in [7, 11) is 0. The van der Waals surface area contributed by atoms with Crippen LogP contribution in [-0.2, 0) is 0 Å². The van der Waals surface area contributed by atoms with E-state index in [4.69, 9.17) is 5.11 Å². The first-order valence-electron chi connectivity index (χ1n) is 4.22. The molecule has 0 atom stereocenters. The van der Waals surface area contributed by atoms with Gasteiger partial charge in [-0.3, -0.25) is 0 Å². The Morgan fingerprint density at radius 3 is 2.53 bits per heavy atom. The summed E-state index contributed by atoms with van der Waals surface area (Å²) in [5, 5.41) is 11.1. The highest BCUT2D eigenvalue weighted by molar-refractivity contribution is 5.56. The van der Waals surface area contributed by atoms with E-state index >= 15 is 0 Å². The third-order valence-electron chi connectivity index (χ3n) is 1.54. The number of hydrogen-bond acceptors (Lipinski definition) is 3. The molecule has 0 fully saturated rings. The lowest BCUT2D eigenvalue weighted by Gasteiger charge is -2.13. The maximum atomic E-state index is 11.9. The van der Waals surface area contributed by atoms with Crippen molar-refractivity contribution in [2.75, 3.05) is 18.5 Å². The minimum atomic E-state index is -4.71. The van der Waals surface area contributed by atoms with Gasteiger partial charge in [0.2, 0.25) is 0 Å². The molecule has 6 heteroatoms. The molecule has 0 spiro atoms. The van der Waals surface area contributed by atoms with Crippen LogP contribution in [0.4, 0.5) is 18.9 Å². The van der Waals surface area contributed by atoms with Gasteiger partial charge in [-0.1, -0.05) is 12.1 Å². The highest BCUT2D eigenvalue weighted by Gasteiger charge is 2.31. The van der Waals surface area contributed by atoms with Crippen LogP contribution in [0.5, 0.6) is 5.75 Å². The SMILES string of the molecule is OCCNc1ccccc1OC(F)(F)F. The molecule has 0 saturated heterocycles. The standard InChI is InChI=1S/C9H10F3NO2/c10-9(11,12)15-8-4-2-1-3-7(8)13-5-6-14/h1-4,13-14H,5-6H2. The second-order valence-electron chi connectivity index (χ2n) is 2.69. The van der Waals surface area contributed by atoms with Crippen molar-refractivity contribution in [3.8, 4) is 5.75 Å². The van der Waals surface area contributed by atoms with Gasteiger partial charge in [-0.05, 0) is 12.1 Å². The normalized spacial score (nSPS) is 11.2. The average molecular weight is 221 g/mol. The maximum Gasteiger partial charge on any atom is 0.573 e. The highest BCUT2D eigenvalue weighted by Crippen LogP contribution is 2.29. The fraction of sp³-hybridized carbons (Fsp3) is 0.333. The fourth-order valence-electron chi connectivity index (χ4n) is 1.02. The minimum Gasteiger partial charge on any atom is -0.404 e. The molecule has 0 aliphatic rings. The Balaban J connectivity index is 2.77. The van der Waals surface area contributed by atoms with Crippen LogP contribution in [0.3, 0.4) is 0 Å². The summed E-state index contributed by atoms with van der Waals surface area (Å²) in [5.74, 6) is -0.307. The zero-order valence-corrected chi connectivity index (χ0v) is 7.71. The van der Waals surface area contributed by atoms with Crippen molar-refractivity contribution in [3.63, 3.8) is 0 Å². The summed E-state index contributed by atoms with van der Waals surface area (Å²) < 4.78 is 39.6. The quantitative estimate of drug-likeness (QED) is 0.816. The molecule has 15 heavy (non-hydrogen) atoms. The first-order valence-corrected chi connectivity index (χ1v) is 4.22. The Bertz CT molecular complexity index is 314. The van der Waals surface area contributed by atoms with E-state index in [1.165, 1.54) is 18.2 Å². The predicted octanol–water partition coefficient (Wildman–Crippen LogP) is 1.99. The van der Waals surface area contributed by atoms with Gasteiger partial charge in [0.05, 0.1) is 12.3 Å². The van der Waals surface area contributed by atoms with E-state index in [-0.39, 0.29) is 24.6 Å². The molecule has 1 rings (SSSR count). The summed E-state index contributed by atoms with van der Waals surface area (Å²) in [4.78, 5) is 0. The lowest BCUT2D eigenvalue weighted by Crippen LogP contribution is -2.18. The average Bonchev–Trinajstić information content (AvgIpc) is 2.14. The molecule has 0 aliphatic carbocycles. The molecule has 0 aromatic heterocycles. The molecule has 0 aliphatic heterocycles. The van der Waals surface area contributed by atoms with Crippen LogP contribution in [0.15, 0.2) is 24.3 Å². The monoisotopic (exact) mass is 221 g/mol. The number of nitrogens with one attached hydrogen (secondary N) is 1. The Morgan fingerprint density at radius 1 is 1.27 bits per heavy atom. The van der Waals surface area contributed by atoms with Gasteiger partial charge in [-0.2, -0.15) is 0 Å². The number of anilines is 1. The molecular formula is C9H10F3NO2. The molecule has 0 saturated carbocycles. The van der Waals surface area contributed by atoms with Gasteiger partial charge in [0.25, 0.3) is 0 Å². The highest BCUT2D eigenvalue weighted by atomic mass is 19.4. The summed E-state index contributed by atoms with van der Waals surface area (Å²) >= 11 is 0. The number of hydrogen-bond donors (Lipinski definition) is 2. The first-order chi connectivity index (χ1) is 7.03. The number of para-hydroxylation sites is 2. The van der Waals surface area contributed by atoms with E-state index in [1.54, 1.807) is 6.07 Å². The summed E-state index contributed by atoms with van der Waals surface area (Å²) in [6, 6.07) is 5.65. The van der Waals surface area contributed by atoms with Crippen molar-refractivity contribution in [2.45, 2.75) is 6.36 Å². The molecule has 2 N–H and O–H groups in total. The van der Waals surface area contributed by atoms with E-state index in [0.717, 1.165) is 0 Å². The van der Waals surface area contributed by atoms with Gasteiger partial charge < -0.3 is 15.2 Å². The number of aliphatic hydroxyl groups excluding tert-OH is 1. The maximum absolute atomic E-state index is 11.9. The van der Waals surface area contributed by atoms with Gasteiger partial charge in [-0.15, -0.1) is 13.2 Å². The van der Waals surface area contributed by atoms with Crippen LogP contribution in [-0.4, -0.2) is 24.6 Å². The summed E-state index contributed by atoms with van der Waals surface area (Å²) in [6.07, 6.45) is -4.71. The molecule has 0 amide bonds. The Labute approximate surface area is 84.5 Å². The Hall–Kier alpha value is -1.43. The zero-order valence-electron chi connectivity index (χ0n) is 7.71. The second kappa shape index (κ2) is 4.88. The molecule has 0 bridgehead atoms. The van der Waals surface area contributed by atoms with Crippen LogP contribution < -0.4 is 10.1 Å². The first kappa shape index (κ1) is 11.6. The number of rotatable bonds is 4. The molecule has 3 nitrogen and oxygen atoms in total. The van der Waals surface area contributed by atoms with Crippen molar-refractivity contribution in [2.24, 2.45) is 0 Å². The largest absolute Gasteiger partial charge is 0.573 e. The molecule has 1 aromatic carbocycles. The molecule has 84 valence electrons. The zero-order chi connectivity index (χ0) is 11.3. The van der Waals surface area contributed by atoms with Crippen molar-refractivity contribution >= 4 is 5.69 Å². The van der Waals surface area contributed by atoms with E-state index in [0.29, 0.717) is 0 Å². The van der Waals surface area contributed by atoms with E-state index in [1.807, 2.05) is 0 Å². The van der Waals surface area contributed by atoms with Crippen LogP contribution in [0.25, 0.3) is 0 Å². The van der Waals surface area contributed by atoms with Gasteiger partial charge >= 0.3 is 6.36 Å². The van der Waals surface area contributed by atoms with Crippen LogP contribution >= 0.6 is 0 Å². The molecular weight excluding hydrogens is 211 g/mol. The summed E-state index contributed by atoms with van der Waals surface area (Å²) in [6.45, 7) is -0.00141. The fourth-order valence-corrected chi connectivity index (χ4v) is 1.02. The predicted molar refractivity (Wildman–Crippen MR) is 48.7 cm³/mol. The topological polar surface area (TPSA) is 41.5 Å². The Morgan fingerprint density at radius 2 is 1.93 bits per heavy atom. The third kappa shape index (κ3) is 4.07. The number of alkyl halides is 3. The van der Waals surface area contributed by atoms with Crippen LogP contribution in [0, 0.1) is 0 Å². The van der Waals surface area contributed by atoms with E-state index in [2.05, 4.69) is 10.1 Å². The minimum absolute atomic E-state index is 0.165. The van der Waals surface area contributed by atoms with Crippen molar-refractivity contribution in [1.82, 2.24) is 0 Å². The van der Waals surface area contributed by atoms with Crippen molar-refractivity contribution in [1.29, 1.82) is 0 Å². The Kier molecular flexibility index (Phi) is 3.79. The number of halogens is 3. The van der Waals surface area contributed by atoms with Crippen molar-refractivity contribution in [3.05, 3.63) is 24.3 Å². The summed E-state index contributed by atoms with van der Waals surface area (Å²) in [5.41, 5.74) is 0.198. The van der Waals surface area contributed by atoms with Crippen LogP contribution in [0.1, 0.15) is 0 Å². The van der Waals surface area contributed by atoms with Gasteiger partial charge in [0.1, 0.15) is 0 Å². The third-order valence-corrected chi connectivity index (χ3v) is 1.54. The lowest BCUT2D eigenvalue weighted by atomic mass is 10.3. The van der Waals surface area contributed by atoms with Gasteiger partial charge in [0.15, 0.2) is 5.75 Å². The molecule has 0 unspecified atom stereocenters. The number of aliphatic hydroxyl groups is 1. The van der Waals surface area contributed by atoms with Gasteiger partial charge in [0, 0.05) is 6.54 Å². The van der Waals surface area contributed by atoms with E-state index in [9.17, 15) is 13.2 Å². The van der Waals surface area contributed by atoms with E-state index < -0.39 is 6.36 Å². The van der Waals surface area contributed by atoms with Crippen molar-refractivity contribution < 1.29 is 23.0 Å². The lowest BCUT2D eigenvalue weighted by molar-refractivity contribution is -0.274. The molecule has 0 heterocycles. The smallest absolute Gasteiger partial charge is 0.404 e. The molecule has 0 radical (unpaired) electrons. The second-order valence-corrected chi connectivity index (χ2v) is 2.69. The number of benzene rings is 1. The van der Waals surface area contributed by atoms with Gasteiger partial charge in [-0.25, -0.2) is 0 Å². The molecule has 1 aromatic rings. The number of ether oxygens (including phenoxy) is 1. The van der Waals surface area contributed by atoms with Crippen LogP contribution in [0.2, 0.25) is 0 Å².